The van der Waals surface area contributed by atoms with Crippen LogP contribution >= 0.6 is 11.6 Å². The predicted molar refractivity (Wildman–Crippen MR) is 97.3 cm³/mol. The third kappa shape index (κ3) is 3.90. The van der Waals surface area contributed by atoms with Crippen molar-refractivity contribution in [3.05, 3.63) is 57.9 Å². The summed E-state index contributed by atoms with van der Waals surface area (Å²) in [6, 6.07) is 4.68. The molecule has 0 bridgehead atoms. The van der Waals surface area contributed by atoms with Crippen LogP contribution in [0.2, 0.25) is 5.02 Å². The zero-order valence-electron chi connectivity index (χ0n) is 14.3. The summed E-state index contributed by atoms with van der Waals surface area (Å²) in [6.07, 6.45) is 2.92. The molecule has 1 aliphatic rings. The first-order chi connectivity index (χ1) is 12.7. The summed E-state index contributed by atoms with van der Waals surface area (Å²) in [5.74, 6) is -1.44. The first kappa shape index (κ1) is 19.5. The van der Waals surface area contributed by atoms with Gasteiger partial charge in [-0.25, -0.2) is 12.8 Å². The van der Waals surface area contributed by atoms with Crippen LogP contribution in [0.5, 0.6) is 0 Å². The number of amides is 1. The SMILES string of the molecule is N=c1c(C(N)=O)cc(Cl)cn1Cc1cc(F)ccc1S(=O)(=O)N1CCCC1. The molecule has 0 atom stereocenters. The maximum Gasteiger partial charge on any atom is 0.252 e. The highest BCUT2D eigenvalue weighted by Crippen LogP contribution is 2.25. The number of primary amides is 1. The van der Waals surface area contributed by atoms with E-state index < -0.39 is 21.7 Å². The van der Waals surface area contributed by atoms with Crippen molar-refractivity contribution in [3.63, 3.8) is 0 Å². The number of pyridine rings is 1. The Balaban J connectivity index is 2.10. The monoisotopic (exact) mass is 412 g/mol. The summed E-state index contributed by atoms with van der Waals surface area (Å²) in [5, 5.41) is 8.27. The Morgan fingerprint density at radius 3 is 2.56 bits per heavy atom. The van der Waals surface area contributed by atoms with E-state index in [1.165, 1.54) is 27.2 Å². The quantitative estimate of drug-likeness (QED) is 0.779. The minimum absolute atomic E-state index is 0.0294. The lowest BCUT2D eigenvalue weighted by Crippen LogP contribution is -2.31. The number of rotatable bonds is 5. The normalized spacial score (nSPS) is 15.2. The van der Waals surface area contributed by atoms with E-state index in [9.17, 15) is 17.6 Å². The maximum atomic E-state index is 13.8. The molecule has 1 saturated heterocycles. The summed E-state index contributed by atoms with van der Waals surface area (Å²) in [7, 11) is -3.79. The van der Waals surface area contributed by atoms with Crippen molar-refractivity contribution in [2.45, 2.75) is 24.3 Å². The third-order valence-corrected chi connectivity index (χ3v) is 6.62. The van der Waals surface area contributed by atoms with Crippen molar-refractivity contribution in [1.29, 1.82) is 5.41 Å². The number of halogens is 2. The molecule has 3 rings (SSSR count). The number of carbonyl (C=O) groups excluding carboxylic acids is 1. The van der Waals surface area contributed by atoms with Gasteiger partial charge >= 0.3 is 0 Å². The Morgan fingerprint density at radius 1 is 1.26 bits per heavy atom. The van der Waals surface area contributed by atoms with E-state index in [4.69, 9.17) is 22.7 Å². The van der Waals surface area contributed by atoms with Crippen LogP contribution in [0.3, 0.4) is 0 Å². The number of nitrogens with two attached hydrogens (primary N) is 1. The first-order valence-corrected chi connectivity index (χ1v) is 10.0. The van der Waals surface area contributed by atoms with Crippen molar-refractivity contribution in [3.8, 4) is 0 Å². The highest BCUT2D eigenvalue weighted by atomic mass is 35.5. The van der Waals surface area contributed by atoms with Crippen LogP contribution in [0.15, 0.2) is 35.4 Å². The minimum Gasteiger partial charge on any atom is -0.365 e. The van der Waals surface area contributed by atoms with E-state index >= 15 is 0 Å². The molecule has 0 aliphatic carbocycles. The first-order valence-electron chi connectivity index (χ1n) is 8.23. The van der Waals surface area contributed by atoms with E-state index in [0.29, 0.717) is 13.1 Å². The largest absolute Gasteiger partial charge is 0.365 e. The highest BCUT2D eigenvalue weighted by Gasteiger charge is 2.29. The molecule has 1 amide bonds. The van der Waals surface area contributed by atoms with Crippen molar-refractivity contribution in [1.82, 2.24) is 8.87 Å². The second kappa shape index (κ2) is 7.41. The van der Waals surface area contributed by atoms with Gasteiger partial charge in [0.15, 0.2) is 0 Å². The number of hydrogen-bond acceptors (Lipinski definition) is 4. The zero-order chi connectivity index (χ0) is 19.8. The van der Waals surface area contributed by atoms with Gasteiger partial charge in [-0.2, -0.15) is 4.31 Å². The lowest BCUT2D eigenvalue weighted by Gasteiger charge is -2.19. The lowest BCUT2D eigenvalue weighted by atomic mass is 10.2. The molecule has 1 aliphatic heterocycles. The van der Waals surface area contributed by atoms with Gasteiger partial charge in [0.25, 0.3) is 5.91 Å². The molecule has 0 unspecified atom stereocenters. The Kier molecular flexibility index (Phi) is 5.36. The molecule has 10 heteroatoms. The molecule has 1 aromatic carbocycles. The fourth-order valence-electron chi connectivity index (χ4n) is 3.10. The van der Waals surface area contributed by atoms with Gasteiger partial charge in [0, 0.05) is 19.3 Å². The summed E-state index contributed by atoms with van der Waals surface area (Å²) in [4.78, 5) is 11.5. The van der Waals surface area contributed by atoms with Gasteiger partial charge in [-0.15, -0.1) is 0 Å². The van der Waals surface area contributed by atoms with Crippen LogP contribution in [-0.4, -0.2) is 36.3 Å². The molecule has 0 saturated carbocycles. The molecule has 0 radical (unpaired) electrons. The van der Waals surface area contributed by atoms with Crippen molar-refractivity contribution < 1.29 is 17.6 Å². The summed E-state index contributed by atoms with van der Waals surface area (Å²) in [6.45, 7) is 0.678. The van der Waals surface area contributed by atoms with Crippen LogP contribution in [-0.2, 0) is 16.6 Å². The second-order valence-corrected chi connectivity index (χ2v) is 8.62. The molecule has 3 N–H and O–H groups in total. The van der Waals surface area contributed by atoms with Gasteiger partial charge in [0.2, 0.25) is 10.0 Å². The highest BCUT2D eigenvalue weighted by molar-refractivity contribution is 7.89. The molecule has 144 valence electrons. The molecule has 2 aromatic rings. The van der Waals surface area contributed by atoms with Gasteiger partial charge in [-0.1, -0.05) is 11.6 Å². The predicted octanol–water partition coefficient (Wildman–Crippen LogP) is 1.69. The maximum absolute atomic E-state index is 13.8. The standard InChI is InChI=1S/C17H18ClFN4O3S/c18-12-8-14(17(21)24)16(20)22(10-12)9-11-7-13(19)3-4-15(11)27(25,26)23-5-1-2-6-23/h3-4,7-8,10,20H,1-2,5-6,9H2,(H2,21,24). The Morgan fingerprint density at radius 2 is 1.93 bits per heavy atom. The number of benzene rings is 1. The zero-order valence-corrected chi connectivity index (χ0v) is 15.9. The molecule has 2 heterocycles. The molecular formula is C17H18ClFN4O3S. The van der Waals surface area contributed by atoms with Crippen LogP contribution in [0.4, 0.5) is 4.39 Å². The van der Waals surface area contributed by atoms with E-state index in [1.54, 1.807) is 0 Å². The Bertz CT molecular complexity index is 1060. The number of aromatic nitrogens is 1. The van der Waals surface area contributed by atoms with E-state index in [1.807, 2.05) is 0 Å². The fourth-order valence-corrected chi connectivity index (χ4v) is 5.04. The number of sulfonamides is 1. The molecule has 1 aromatic heterocycles. The third-order valence-electron chi connectivity index (χ3n) is 4.42. The summed E-state index contributed by atoms with van der Waals surface area (Å²) < 4.78 is 42.3. The second-order valence-electron chi connectivity index (χ2n) is 6.28. The molecule has 1 fully saturated rings. The van der Waals surface area contributed by atoms with E-state index in [-0.39, 0.29) is 33.1 Å². The fraction of sp³-hybridized carbons (Fsp3) is 0.294. The van der Waals surface area contributed by atoms with Gasteiger partial charge in [-0.05, 0) is 42.7 Å². The van der Waals surface area contributed by atoms with Gasteiger partial charge in [0.05, 0.1) is 22.0 Å². The Hall–Kier alpha value is -2.23. The van der Waals surface area contributed by atoms with Gasteiger partial charge < -0.3 is 10.3 Å². The summed E-state index contributed by atoms with van der Waals surface area (Å²) in [5.41, 5.74) is 5.08. The minimum atomic E-state index is -3.79. The van der Waals surface area contributed by atoms with E-state index in [2.05, 4.69) is 0 Å². The number of nitrogens with one attached hydrogen (secondary N) is 1. The molecule has 7 nitrogen and oxygen atoms in total. The van der Waals surface area contributed by atoms with Crippen molar-refractivity contribution in [2.24, 2.45) is 5.73 Å². The average Bonchev–Trinajstić information content (AvgIpc) is 3.13. The van der Waals surface area contributed by atoms with Crippen molar-refractivity contribution in [2.75, 3.05) is 13.1 Å². The van der Waals surface area contributed by atoms with Crippen LogP contribution in [0.1, 0.15) is 28.8 Å². The smallest absolute Gasteiger partial charge is 0.252 e. The average molecular weight is 413 g/mol. The van der Waals surface area contributed by atoms with Gasteiger partial charge in [-0.3, -0.25) is 10.2 Å². The lowest BCUT2D eigenvalue weighted by molar-refractivity contribution is 0.0997. The Labute approximate surface area is 160 Å². The topological polar surface area (TPSA) is 109 Å². The van der Waals surface area contributed by atoms with E-state index in [0.717, 1.165) is 25.0 Å². The molecular weight excluding hydrogens is 395 g/mol. The van der Waals surface area contributed by atoms with Crippen LogP contribution in [0, 0.1) is 11.2 Å². The van der Waals surface area contributed by atoms with Crippen LogP contribution < -0.4 is 11.2 Å². The number of carbonyl (C=O) groups is 1. The van der Waals surface area contributed by atoms with Gasteiger partial charge in [0.1, 0.15) is 11.3 Å². The number of nitrogens with zero attached hydrogens (tertiary/aromatic N) is 2. The molecule has 0 spiro atoms. The summed E-state index contributed by atoms with van der Waals surface area (Å²) >= 11 is 5.98. The van der Waals surface area contributed by atoms with Crippen molar-refractivity contribution >= 4 is 27.5 Å². The number of hydrogen-bond donors (Lipinski definition) is 2. The van der Waals surface area contributed by atoms with Crippen LogP contribution in [0.25, 0.3) is 0 Å². The molecule has 27 heavy (non-hydrogen) atoms.